The number of carbonyl (C=O) groups excluding carboxylic acids is 1. The minimum absolute atomic E-state index is 0.0510. The fourth-order valence-electron chi connectivity index (χ4n) is 3.07. The quantitative estimate of drug-likeness (QED) is 0.775. The largest absolute Gasteiger partial charge is 0.337 e. The second-order valence-corrected chi connectivity index (χ2v) is 6.85. The Morgan fingerprint density at radius 1 is 1.08 bits per heavy atom. The predicted octanol–water partition coefficient (Wildman–Crippen LogP) is 4.01. The van der Waals surface area contributed by atoms with E-state index >= 15 is 0 Å². The summed E-state index contributed by atoms with van der Waals surface area (Å²) in [6, 6.07) is 16.1. The van der Waals surface area contributed by atoms with E-state index in [9.17, 15) is 4.79 Å². The number of piperazine rings is 1. The molecule has 130 valence electrons. The van der Waals surface area contributed by atoms with Crippen molar-refractivity contribution in [1.29, 1.82) is 0 Å². The summed E-state index contributed by atoms with van der Waals surface area (Å²) in [5, 5.41) is 0.662. The Bertz CT molecular complexity index is 764. The smallest absolute Gasteiger partial charge is 0.246 e. The number of carbonyl (C=O) groups is 1. The van der Waals surface area contributed by atoms with E-state index in [1.54, 1.807) is 12.2 Å². The zero-order valence-corrected chi connectivity index (χ0v) is 15.2. The van der Waals surface area contributed by atoms with Crippen LogP contribution >= 0.6 is 11.6 Å². The number of nitrogens with zero attached hydrogens (tertiary/aromatic N) is 2. The molecule has 1 aliphatic rings. The number of hydrogen-bond acceptors (Lipinski definition) is 2. The highest BCUT2D eigenvalue weighted by Crippen LogP contribution is 2.17. The van der Waals surface area contributed by atoms with E-state index < -0.39 is 0 Å². The van der Waals surface area contributed by atoms with Crippen molar-refractivity contribution >= 4 is 23.6 Å². The molecule has 1 saturated heterocycles. The summed E-state index contributed by atoms with van der Waals surface area (Å²) in [4.78, 5) is 16.7. The summed E-state index contributed by atoms with van der Waals surface area (Å²) in [5.74, 6) is 0.0510. The van der Waals surface area contributed by atoms with Gasteiger partial charge in [-0.3, -0.25) is 9.69 Å². The first-order valence-electron chi connectivity index (χ1n) is 8.61. The van der Waals surface area contributed by atoms with Gasteiger partial charge in [0.05, 0.1) is 0 Å². The Morgan fingerprint density at radius 3 is 2.56 bits per heavy atom. The molecule has 0 atom stereocenters. The van der Waals surface area contributed by atoms with Crippen LogP contribution in [0.1, 0.15) is 16.7 Å². The maximum atomic E-state index is 12.4. The molecule has 1 amide bonds. The monoisotopic (exact) mass is 354 g/mol. The van der Waals surface area contributed by atoms with Crippen LogP contribution < -0.4 is 0 Å². The van der Waals surface area contributed by atoms with Gasteiger partial charge in [0, 0.05) is 43.8 Å². The second-order valence-electron chi connectivity index (χ2n) is 6.45. The topological polar surface area (TPSA) is 23.6 Å². The fraction of sp³-hybridized carbons (Fsp3) is 0.286. The molecular weight excluding hydrogens is 332 g/mol. The van der Waals surface area contributed by atoms with Crippen molar-refractivity contribution in [2.75, 3.05) is 26.2 Å². The highest BCUT2D eigenvalue weighted by atomic mass is 35.5. The van der Waals surface area contributed by atoms with Crippen molar-refractivity contribution in [1.82, 2.24) is 9.80 Å². The molecule has 3 rings (SSSR count). The third-order valence-corrected chi connectivity index (χ3v) is 4.83. The van der Waals surface area contributed by atoms with Crippen molar-refractivity contribution < 1.29 is 4.79 Å². The lowest BCUT2D eigenvalue weighted by atomic mass is 10.1. The average molecular weight is 355 g/mol. The van der Waals surface area contributed by atoms with Crippen molar-refractivity contribution in [3.05, 3.63) is 76.3 Å². The van der Waals surface area contributed by atoms with Gasteiger partial charge in [-0.05, 0) is 30.2 Å². The van der Waals surface area contributed by atoms with Crippen molar-refractivity contribution in [2.45, 2.75) is 13.5 Å². The highest BCUT2D eigenvalue weighted by Gasteiger charge is 2.19. The third-order valence-electron chi connectivity index (χ3n) is 4.48. The standard InChI is InChI=1S/C21H23ClN2O/c1-17-5-4-6-18(15-17)16-23-11-13-24(14-12-23)21(25)10-9-19-7-2-3-8-20(19)22/h2-10,15H,11-14,16H2,1H3/b10-9+. The summed E-state index contributed by atoms with van der Waals surface area (Å²) >= 11 is 6.12. The van der Waals surface area contributed by atoms with Crippen LogP contribution in [0.4, 0.5) is 0 Å². The van der Waals surface area contributed by atoms with Gasteiger partial charge in [0.25, 0.3) is 0 Å². The molecule has 0 radical (unpaired) electrons. The van der Waals surface area contributed by atoms with E-state index in [1.165, 1.54) is 11.1 Å². The Balaban J connectivity index is 1.51. The summed E-state index contributed by atoms with van der Waals surface area (Å²) < 4.78 is 0. The van der Waals surface area contributed by atoms with Crippen LogP contribution in [0.25, 0.3) is 6.08 Å². The molecule has 0 aliphatic carbocycles. The Labute approximate surface area is 154 Å². The molecule has 2 aromatic rings. The molecule has 4 heteroatoms. The average Bonchev–Trinajstić information content (AvgIpc) is 2.61. The minimum Gasteiger partial charge on any atom is -0.337 e. The Kier molecular flexibility index (Phi) is 5.90. The van der Waals surface area contributed by atoms with Crippen molar-refractivity contribution in [2.24, 2.45) is 0 Å². The van der Waals surface area contributed by atoms with Gasteiger partial charge in [0.15, 0.2) is 0 Å². The number of amides is 1. The molecule has 1 fully saturated rings. The molecule has 3 nitrogen and oxygen atoms in total. The van der Waals surface area contributed by atoms with Gasteiger partial charge in [-0.1, -0.05) is 59.6 Å². The van der Waals surface area contributed by atoms with Crippen LogP contribution in [0, 0.1) is 6.92 Å². The van der Waals surface area contributed by atoms with E-state index in [-0.39, 0.29) is 5.91 Å². The van der Waals surface area contributed by atoms with Crippen LogP contribution in [-0.4, -0.2) is 41.9 Å². The van der Waals surface area contributed by atoms with E-state index in [4.69, 9.17) is 11.6 Å². The molecule has 0 aromatic heterocycles. The molecule has 1 heterocycles. The molecule has 0 bridgehead atoms. The minimum atomic E-state index is 0.0510. The first-order valence-corrected chi connectivity index (χ1v) is 8.99. The first kappa shape index (κ1) is 17.7. The lowest BCUT2D eigenvalue weighted by molar-refractivity contribution is -0.127. The van der Waals surface area contributed by atoms with Gasteiger partial charge >= 0.3 is 0 Å². The molecule has 0 N–H and O–H groups in total. The molecular formula is C21H23ClN2O. The SMILES string of the molecule is Cc1cccc(CN2CCN(C(=O)/C=C/c3ccccc3Cl)CC2)c1. The number of halogens is 1. The molecule has 0 saturated carbocycles. The number of rotatable bonds is 4. The van der Waals surface area contributed by atoms with Gasteiger partial charge in [-0.25, -0.2) is 0 Å². The van der Waals surface area contributed by atoms with E-state index in [1.807, 2.05) is 29.2 Å². The van der Waals surface area contributed by atoms with Crippen molar-refractivity contribution in [3.8, 4) is 0 Å². The van der Waals surface area contributed by atoms with Gasteiger partial charge < -0.3 is 4.90 Å². The lowest BCUT2D eigenvalue weighted by Gasteiger charge is -2.34. The Morgan fingerprint density at radius 2 is 1.84 bits per heavy atom. The van der Waals surface area contributed by atoms with Crippen LogP contribution in [0.2, 0.25) is 5.02 Å². The number of aryl methyl sites for hydroxylation is 1. The predicted molar refractivity (Wildman–Crippen MR) is 104 cm³/mol. The van der Waals surface area contributed by atoms with Crippen molar-refractivity contribution in [3.63, 3.8) is 0 Å². The van der Waals surface area contributed by atoms with Gasteiger partial charge in [-0.15, -0.1) is 0 Å². The second kappa shape index (κ2) is 8.32. The van der Waals surface area contributed by atoms with Gasteiger partial charge in [-0.2, -0.15) is 0 Å². The molecule has 25 heavy (non-hydrogen) atoms. The van der Waals surface area contributed by atoms with Crippen LogP contribution in [-0.2, 0) is 11.3 Å². The lowest BCUT2D eigenvalue weighted by Crippen LogP contribution is -2.47. The number of hydrogen-bond donors (Lipinski definition) is 0. The van der Waals surface area contributed by atoms with E-state index in [0.717, 1.165) is 38.3 Å². The zero-order chi connectivity index (χ0) is 17.6. The fourth-order valence-corrected chi connectivity index (χ4v) is 3.27. The zero-order valence-electron chi connectivity index (χ0n) is 14.5. The first-order chi connectivity index (χ1) is 12.1. The molecule has 1 aliphatic heterocycles. The van der Waals surface area contributed by atoms with Crippen LogP contribution in [0.5, 0.6) is 0 Å². The molecule has 0 spiro atoms. The normalized spacial score (nSPS) is 15.7. The maximum Gasteiger partial charge on any atom is 0.246 e. The highest BCUT2D eigenvalue weighted by molar-refractivity contribution is 6.32. The summed E-state index contributed by atoms with van der Waals surface area (Å²) in [6.45, 7) is 6.39. The molecule has 0 unspecified atom stereocenters. The van der Waals surface area contributed by atoms with Gasteiger partial charge in [0.1, 0.15) is 0 Å². The van der Waals surface area contributed by atoms with Crippen LogP contribution in [0.3, 0.4) is 0 Å². The maximum absolute atomic E-state index is 12.4. The summed E-state index contributed by atoms with van der Waals surface area (Å²) in [7, 11) is 0. The van der Waals surface area contributed by atoms with E-state index in [0.29, 0.717) is 5.02 Å². The Hall–Kier alpha value is -2.10. The summed E-state index contributed by atoms with van der Waals surface area (Å²) in [5.41, 5.74) is 3.49. The third kappa shape index (κ3) is 4.94. The number of benzene rings is 2. The summed E-state index contributed by atoms with van der Waals surface area (Å²) in [6.07, 6.45) is 3.42. The molecule has 2 aromatic carbocycles. The van der Waals surface area contributed by atoms with Gasteiger partial charge in [0.2, 0.25) is 5.91 Å². The van der Waals surface area contributed by atoms with E-state index in [2.05, 4.69) is 36.1 Å². The van der Waals surface area contributed by atoms with Crippen LogP contribution in [0.15, 0.2) is 54.6 Å².